The van der Waals surface area contributed by atoms with Crippen molar-refractivity contribution in [1.29, 1.82) is 0 Å². The van der Waals surface area contributed by atoms with E-state index in [2.05, 4.69) is 172 Å². The molecule has 1 aliphatic rings. The zero-order chi connectivity index (χ0) is 33.3. The molecule has 49 heavy (non-hydrogen) atoms. The van der Waals surface area contributed by atoms with E-state index in [1.807, 2.05) is 12.1 Å². The second kappa shape index (κ2) is 11.1. The lowest BCUT2D eigenvalue weighted by atomic mass is 9.81. The van der Waals surface area contributed by atoms with Crippen molar-refractivity contribution in [2.45, 2.75) is 33.1 Å². The highest BCUT2D eigenvalue weighted by Gasteiger charge is 2.36. The largest absolute Gasteiger partial charge is 0.455 e. The summed E-state index contributed by atoms with van der Waals surface area (Å²) in [5, 5.41) is 2.28. The standard InChI is InChI=1S/C47H37NO/c1-30-25-31(2)45-41-29-33(23-24-42(41)47(3,4)43(45)26-30)32-13-10-17-36(27-32)48(35-15-6-5-7-16-35)37-18-11-14-34(28-37)38-20-12-21-40-39-19-8-9-22-44(39)49-46(38)40/h5-29H,1-4H3. The quantitative estimate of drug-likeness (QED) is 0.188. The van der Waals surface area contributed by atoms with Gasteiger partial charge in [-0.05, 0) is 107 Å². The van der Waals surface area contributed by atoms with E-state index in [9.17, 15) is 0 Å². The minimum Gasteiger partial charge on any atom is -0.455 e. The molecular weight excluding hydrogens is 595 g/mol. The summed E-state index contributed by atoms with van der Waals surface area (Å²) >= 11 is 0. The second-order valence-corrected chi connectivity index (χ2v) is 13.9. The summed E-state index contributed by atoms with van der Waals surface area (Å²) in [6.07, 6.45) is 0. The van der Waals surface area contributed by atoms with Crippen molar-refractivity contribution in [3.05, 3.63) is 174 Å². The highest BCUT2D eigenvalue weighted by molar-refractivity contribution is 6.09. The molecule has 7 aromatic carbocycles. The van der Waals surface area contributed by atoms with Crippen molar-refractivity contribution in [3.8, 4) is 33.4 Å². The molecule has 1 aliphatic carbocycles. The number of para-hydroxylation sites is 3. The lowest BCUT2D eigenvalue weighted by Gasteiger charge is -2.26. The number of anilines is 3. The van der Waals surface area contributed by atoms with Crippen LogP contribution >= 0.6 is 0 Å². The van der Waals surface area contributed by atoms with E-state index in [-0.39, 0.29) is 5.41 Å². The molecule has 8 aromatic rings. The Labute approximate surface area is 287 Å². The summed E-state index contributed by atoms with van der Waals surface area (Å²) in [6, 6.07) is 54.9. The smallest absolute Gasteiger partial charge is 0.143 e. The maximum Gasteiger partial charge on any atom is 0.143 e. The zero-order valence-electron chi connectivity index (χ0n) is 28.3. The van der Waals surface area contributed by atoms with Gasteiger partial charge in [0.05, 0.1) is 0 Å². The van der Waals surface area contributed by atoms with Crippen LogP contribution in [0.3, 0.4) is 0 Å². The summed E-state index contributed by atoms with van der Waals surface area (Å²) in [4.78, 5) is 2.35. The van der Waals surface area contributed by atoms with Gasteiger partial charge in [0.2, 0.25) is 0 Å². The Balaban J connectivity index is 1.16. The molecule has 1 aromatic heterocycles. The van der Waals surface area contributed by atoms with Crippen molar-refractivity contribution in [3.63, 3.8) is 0 Å². The van der Waals surface area contributed by atoms with Gasteiger partial charge in [0.15, 0.2) is 0 Å². The van der Waals surface area contributed by atoms with Crippen molar-refractivity contribution < 1.29 is 4.42 Å². The molecule has 0 saturated carbocycles. The van der Waals surface area contributed by atoms with Gasteiger partial charge in [0.25, 0.3) is 0 Å². The van der Waals surface area contributed by atoms with Gasteiger partial charge in [-0.1, -0.05) is 123 Å². The Bertz CT molecular complexity index is 2550. The summed E-state index contributed by atoms with van der Waals surface area (Å²) in [7, 11) is 0. The molecule has 0 aliphatic heterocycles. The summed E-state index contributed by atoms with van der Waals surface area (Å²) in [5.41, 5.74) is 18.0. The average molecular weight is 632 g/mol. The molecule has 2 heteroatoms. The van der Waals surface area contributed by atoms with Gasteiger partial charge in [0, 0.05) is 38.8 Å². The molecule has 0 unspecified atom stereocenters. The normalized spacial score (nSPS) is 13.1. The van der Waals surface area contributed by atoms with Gasteiger partial charge in [0.1, 0.15) is 11.2 Å². The van der Waals surface area contributed by atoms with Gasteiger partial charge in [-0.25, -0.2) is 0 Å². The molecule has 2 nitrogen and oxygen atoms in total. The van der Waals surface area contributed by atoms with Crippen LogP contribution in [0.2, 0.25) is 0 Å². The van der Waals surface area contributed by atoms with E-state index >= 15 is 0 Å². The van der Waals surface area contributed by atoms with Crippen molar-refractivity contribution in [2.75, 3.05) is 4.90 Å². The number of rotatable bonds is 5. The number of fused-ring (bicyclic) bond motifs is 6. The highest BCUT2D eigenvalue weighted by Crippen LogP contribution is 2.51. The van der Waals surface area contributed by atoms with E-state index in [4.69, 9.17) is 4.42 Å². The number of nitrogens with zero attached hydrogens (tertiary/aromatic N) is 1. The Kier molecular flexibility index (Phi) is 6.64. The number of aryl methyl sites for hydroxylation is 2. The van der Waals surface area contributed by atoms with Crippen LogP contribution in [-0.2, 0) is 5.41 Å². The highest BCUT2D eigenvalue weighted by atomic mass is 16.3. The Morgan fingerprint density at radius 2 is 1.14 bits per heavy atom. The molecule has 0 amide bonds. The molecule has 0 saturated heterocycles. The lowest BCUT2D eigenvalue weighted by Crippen LogP contribution is -2.15. The fourth-order valence-corrected chi connectivity index (χ4v) is 8.07. The third-order valence-electron chi connectivity index (χ3n) is 10.4. The third kappa shape index (κ3) is 4.70. The molecule has 9 rings (SSSR count). The molecule has 0 atom stereocenters. The molecule has 0 N–H and O–H groups in total. The summed E-state index contributed by atoms with van der Waals surface area (Å²) in [6.45, 7) is 9.18. The monoisotopic (exact) mass is 631 g/mol. The fourth-order valence-electron chi connectivity index (χ4n) is 8.07. The Hall–Kier alpha value is -5.86. The van der Waals surface area contributed by atoms with Gasteiger partial charge >= 0.3 is 0 Å². The lowest BCUT2D eigenvalue weighted by molar-refractivity contribution is 0.659. The first-order valence-electron chi connectivity index (χ1n) is 17.1. The maximum absolute atomic E-state index is 6.44. The first-order valence-corrected chi connectivity index (χ1v) is 17.1. The first kappa shape index (κ1) is 29.3. The van der Waals surface area contributed by atoms with Crippen LogP contribution < -0.4 is 4.90 Å². The number of hydrogen-bond acceptors (Lipinski definition) is 2. The van der Waals surface area contributed by atoms with Gasteiger partial charge < -0.3 is 9.32 Å². The van der Waals surface area contributed by atoms with E-state index in [0.717, 1.165) is 50.1 Å². The molecule has 1 heterocycles. The molecule has 0 radical (unpaired) electrons. The predicted molar refractivity (Wildman–Crippen MR) is 206 cm³/mol. The number of benzene rings is 7. The Morgan fingerprint density at radius 3 is 1.96 bits per heavy atom. The number of furan rings is 1. The fraction of sp³-hybridized carbons (Fsp3) is 0.106. The maximum atomic E-state index is 6.44. The van der Waals surface area contributed by atoms with Crippen LogP contribution in [0.1, 0.15) is 36.1 Å². The molecule has 0 spiro atoms. The van der Waals surface area contributed by atoms with Crippen LogP contribution in [0.25, 0.3) is 55.3 Å². The zero-order valence-corrected chi connectivity index (χ0v) is 28.3. The predicted octanol–water partition coefficient (Wildman–Crippen LogP) is 13.3. The van der Waals surface area contributed by atoms with Crippen LogP contribution in [0, 0.1) is 13.8 Å². The molecule has 236 valence electrons. The van der Waals surface area contributed by atoms with Crippen LogP contribution in [-0.4, -0.2) is 0 Å². The second-order valence-electron chi connectivity index (χ2n) is 13.9. The van der Waals surface area contributed by atoms with Gasteiger partial charge in [-0.3, -0.25) is 0 Å². The molecule has 0 bridgehead atoms. The topological polar surface area (TPSA) is 16.4 Å². The minimum absolute atomic E-state index is 0.0242. The van der Waals surface area contributed by atoms with Crippen molar-refractivity contribution >= 4 is 39.0 Å². The first-order chi connectivity index (χ1) is 23.9. The van der Waals surface area contributed by atoms with Crippen LogP contribution in [0.4, 0.5) is 17.1 Å². The van der Waals surface area contributed by atoms with Gasteiger partial charge in [-0.2, -0.15) is 0 Å². The SMILES string of the molecule is Cc1cc(C)c2c(c1)C(C)(C)c1ccc(-c3cccc(N(c4ccccc4)c4cccc(-c5cccc6c5oc5ccccc56)c4)c3)cc1-2. The molecule has 0 fully saturated rings. The van der Waals surface area contributed by atoms with Crippen LogP contribution in [0.5, 0.6) is 0 Å². The van der Waals surface area contributed by atoms with E-state index < -0.39 is 0 Å². The van der Waals surface area contributed by atoms with Crippen LogP contribution in [0.15, 0.2) is 156 Å². The van der Waals surface area contributed by atoms with Crippen molar-refractivity contribution in [2.24, 2.45) is 0 Å². The average Bonchev–Trinajstić information content (AvgIpc) is 3.61. The third-order valence-corrected chi connectivity index (χ3v) is 10.4. The van der Waals surface area contributed by atoms with E-state index in [1.54, 1.807) is 0 Å². The molecular formula is C47H37NO. The van der Waals surface area contributed by atoms with E-state index in [0.29, 0.717) is 0 Å². The van der Waals surface area contributed by atoms with E-state index in [1.165, 1.54) is 44.5 Å². The summed E-state index contributed by atoms with van der Waals surface area (Å²) < 4.78 is 6.44. The summed E-state index contributed by atoms with van der Waals surface area (Å²) in [5.74, 6) is 0. The van der Waals surface area contributed by atoms with Gasteiger partial charge in [-0.15, -0.1) is 0 Å². The van der Waals surface area contributed by atoms with Crippen molar-refractivity contribution in [1.82, 2.24) is 0 Å². The number of hydrogen-bond donors (Lipinski definition) is 0. The minimum atomic E-state index is -0.0242. The Morgan fingerprint density at radius 1 is 0.490 bits per heavy atom.